The van der Waals surface area contributed by atoms with E-state index in [9.17, 15) is 13.2 Å². The van der Waals surface area contributed by atoms with Gasteiger partial charge in [-0.05, 0) is 68.0 Å². The molecule has 0 aromatic heterocycles. The van der Waals surface area contributed by atoms with Crippen molar-refractivity contribution in [3.05, 3.63) is 94.5 Å². The molecule has 0 aliphatic rings. The second kappa shape index (κ2) is 11.3. The summed E-state index contributed by atoms with van der Waals surface area (Å²) in [7, 11) is -4.04. The Labute approximate surface area is 219 Å². The molecule has 0 unspecified atom stereocenters. The number of sulfonamides is 1. The summed E-state index contributed by atoms with van der Waals surface area (Å²) in [5.41, 5.74) is 6.07. The van der Waals surface area contributed by atoms with Crippen molar-refractivity contribution >= 4 is 38.9 Å². The normalized spacial score (nSPS) is 12.3. The first kappa shape index (κ1) is 27.4. The van der Waals surface area contributed by atoms with Gasteiger partial charge in [0.15, 0.2) is 0 Å². The molecule has 1 N–H and O–H groups in total. The average Bonchev–Trinajstić information content (AvgIpc) is 2.84. The third kappa shape index (κ3) is 6.53. The number of rotatable bonds is 9. The number of amides is 1. The van der Waals surface area contributed by atoms with Gasteiger partial charge in [-0.1, -0.05) is 79.5 Å². The van der Waals surface area contributed by atoms with E-state index in [1.807, 2.05) is 32.0 Å². The van der Waals surface area contributed by atoms with Crippen molar-refractivity contribution in [3.8, 4) is 0 Å². The fourth-order valence-electron chi connectivity index (χ4n) is 4.00. The maximum atomic E-state index is 13.6. The summed E-state index contributed by atoms with van der Waals surface area (Å²) < 4.78 is 28.3. The number of anilines is 1. The number of aryl methyl sites for hydroxylation is 1. The molecular formula is C28H32ClN3O3S. The van der Waals surface area contributed by atoms with Gasteiger partial charge < -0.3 is 0 Å². The van der Waals surface area contributed by atoms with Gasteiger partial charge in [0.1, 0.15) is 6.54 Å². The first-order valence-electron chi connectivity index (χ1n) is 11.6. The Morgan fingerprint density at radius 1 is 0.972 bits per heavy atom. The summed E-state index contributed by atoms with van der Waals surface area (Å²) in [6.07, 6.45) is 0.621. The van der Waals surface area contributed by atoms with Crippen molar-refractivity contribution in [3.63, 3.8) is 0 Å². The van der Waals surface area contributed by atoms with E-state index in [1.165, 1.54) is 12.1 Å². The highest BCUT2D eigenvalue weighted by Gasteiger charge is 2.29. The van der Waals surface area contributed by atoms with Crippen LogP contribution < -0.4 is 9.73 Å². The van der Waals surface area contributed by atoms with Crippen LogP contribution in [0.5, 0.6) is 0 Å². The molecule has 0 saturated heterocycles. The fraction of sp³-hybridized carbons (Fsp3) is 0.286. The molecule has 0 aliphatic carbocycles. The van der Waals surface area contributed by atoms with Crippen LogP contribution in [0.15, 0.2) is 82.8 Å². The number of carbonyl (C=O) groups is 1. The number of benzene rings is 3. The summed E-state index contributed by atoms with van der Waals surface area (Å²) in [6, 6.07) is 21.6. The largest absolute Gasteiger partial charge is 0.271 e. The molecular weight excluding hydrogens is 494 g/mol. The zero-order valence-electron chi connectivity index (χ0n) is 21.2. The van der Waals surface area contributed by atoms with E-state index in [1.54, 1.807) is 37.3 Å². The molecule has 190 valence electrons. The number of carbonyl (C=O) groups excluding carboxylic acids is 1. The molecule has 0 bridgehead atoms. The first-order chi connectivity index (χ1) is 16.9. The molecule has 0 aliphatic heterocycles. The molecule has 0 radical (unpaired) electrons. The van der Waals surface area contributed by atoms with Gasteiger partial charge in [0.05, 0.1) is 10.6 Å². The minimum Gasteiger partial charge on any atom is -0.271 e. The smallest absolute Gasteiger partial charge is 0.264 e. The Balaban J connectivity index is 1.84. The minimum atomic E-state index is -4.04. The van der Waals surface area contributed by atoms with Crippen LogP contribution in [0.4, 0.5) is 5.69 Å². The Morgan fingerprint density at radius 2 is 1.61 bits per heavy atom. The lowest BCUT2D eigenvalue weighted by molar-refractivity contribution is -0.119. The van der Waals surface area contributed by atoms with Crippen LogP contribution in [0.1, 0.15) is 43.9 Å². The number of nitrogens with one attached hydrogen (secondary N) is 1. The maximum Gasteiger partial charge on any atom is 0.264 e. The van der Waals surface area contributed by atoms with Crippen LogP contribution >= 0.6 is 11.6 Å². The van der Waals surface area contributed by atoms with E-state index < -0.39 is 22.5 Å². The maximum absolute atomic E-state index is 13.6. The minimum absolute atomic E-state index is 0.0876. The highest BCUT2D eigenvalue weighted by Crippen LogP contribution is 2.31. The number of hydrogen-bond acceptors (Lipinski definition) is 4. The fourth-order valence-corrected chi connectivity index (χ4v) is 5.65. The summed E-state index contributed by atoms with van der Waals surface area (Å²) in [5, 5.41) is 4.67. The number of halogens is 1. The molecule has 0 saturated carbocycles. The van der Waals surface area contributed by atoms with Gasteiger partial charge in [-0.3, -0.25) is 9.10 Å². The summed E-state index contributed by atoms with van der Waals surface area (Å²) >= 11 is 6.28. The lowest BCUT2D eigenvalue weighted by Crippen LogP contribution is -2.40. The third-order valence-corrected chi connectivity index (χ3v) is 8.21. The number of hydrogen-bond donors (Lipinski definition) is 1. The van der Waals surface area contributed by atoms with Crippen LogP contribution in [0.2, 0.25) is 5.02 Å². The van der Waals surface area contributed by atoms with Gasteiger partial charge in [-0.15, -0.1) is 0 Å². The van der Waals surface area contributed by atoms with Crippen LogP contribution in [0.25, 0.3) is 0 Å². The molecule has 36 heavy (non-hydrogen) atoms. The van der Waals surface area contributed by atoms with Crippen molar-refractivity contribution in [1.29, 1.82) is 0 Å². The van der Waals surface area contributed by atoms with Crippen molar-refractivity contribution in [2.24, 2.45) is 5.10 Å². The SMILES string of the molecule is C/C(CC(C)(C)c1ccccc1)=N/NC(=O)CN(c1cccc(Cl)c1C)S(=O)(=O)c1ccc(C)cc1. The molecule has 1 amide bonds. The molecule has 8 heteroatoms. The number of nitrogens with zero attached hydrogens (tertiary/aromatic N) is 2. The topological polar surface area (TPSA) is 78.8 Å². The van der Waals surface area contributed by atoms with Crippen molar-refractivity contribution < 1.29 is 13.2 Å². The van der Waals surface area contributed by atoms with Crippen molar-refractivity contribution in [2.45, 2.75) is 51.3 Å². The molecule has 3 aromatic rings. The van der Waals surface area contributed by atoms with Gasteiger partial charge in [0.2, 0.25) is 0 Å². The van der Waals surface area contributed by atoms with Gasteiger partial charge in [-0.2, -0.15) is 5.10 Å². The molecule has 0 spiro atoms. The Morgan fingerprint density at radius 3 is 2.25 bits per heavy atom. The Kier molecular flexibility index (Phi) is 8.59. The zero-order valence-corrected chi connectivity index (χ0v) is 22.8. The lowest BCUT2D eigenvalue weighted by Gasteiger charge is -2.26. The summed E-state index contributed by atoms with van der Waals surface area (Å²) in [4.78, 5) is 13.0. The van der Waals surface area contributed by atoms with Gasteiger partial charge >= 0.3 is 0 Å². The monoisotopic (exact) mass is 525 g/mol. The van der Waals surface area contributed by atoms with E-state index in [4.69, 9.17) is 11.6 Å². The molecule has 0 heterocycles. The van der Waals surface area contributed by atoms with Gasteiger partial charge in [0, 0.05) is 10.7 Å². The highest BCUT2D eigenvalue weighted by molar-refractivity contribution is 7.92. The van der Waals surface area contributed by atoms with E-state index in [-0.39, 0.29) is 10.3 Å². The van der Waals surface area contributed by atoms with E-state index >= 15 is 0 Å². The van der Waals surface area contributed by atoms with Crippen molar-refractivity contribution in [1.82, 2.24) is 5.43 Å². The molecule has 6 nitrogen and oxygen atoms in total. The van der Waals surface area contributed by atoms with Crippen molar-refractivity contribution in [2.75, 3.05) is 10.8 Å². The zero-order chi connectivity index (χ0) is 26.5. The van der Waals surface area contributed by atoms with Crippen LogP contribution in [0.3, 0.4) is 0 Å². The van der Waals surface area contributed by atoms with Crippen LogP contribution in [-0.2, 0) is 20.2 Å². The summed E-state index contributed by atoms with van der Waals surface area (Å²) in [5.74, 6) is -0.554. The van der Waals surface area contributed by atoms with Gasteiger partial charge in [-0.25, -0.2) is 13.8 Å². The Hall–Kier alpha value is -3.16. The number of hydrazone groups is 1. The second-order valence-corrected chi connectivity index (χ2v) is 11.8. The predicted octanol–water partition coefficient (Wildman–Crippen LogP) is 6.01. The van der Waals surface area contributed by atoms with Gasteiger partial charge in [0.25, 0.3) is 15.9 Å². The standard InChI is InChI=1S/C28H32ClN3O3S/c1-20-14-16-24(17-15-20)36(34,35)32(26-13-9-12-25(29)22(26)3)19-27(33)31-30-21(2)18-28(4,5)23-10-7-6-8-11-23/h6-17H,18-19H2,1-5H3,(H,31,33)/b30-21-. The quantitative estimate of drug-likeness (QED) is 0.274. The average molecular weight is 526 g/mol. The van der Waals surface area contributed by atoms with E-state index in [2.05, 4.69) is 36.5 Å². The lowest BCUT2D eigenvalue weighted by atomic mass is 9.80. The molecule has 3 aromatic carbocycles. The second-order valence-electron chi connectivity index (χ2n) is 9.52. The molecule has 0 atom stereocenters. The first-order valence-corrected chi connectivity index (χ1v) is 13.5. The predicted molar refractivity (Wildman–Crippen MR) is 147 cm³/mol. The van der Waals surface area contributed by atoms with E-state index in [0.717, 1.165) is 21.1 Å². The third-order valence-electron chi connectivity index (χ3n) is 6.03. The molecule has 0 fully saturated rings. The Bertz CT molecular complexity index is 1350. The van der Waals surface area contributed by atoms with Crippen LogP contribution in [0, 0.1) is 13.8 Å². The van der Waals surface area contributed by atoms with Crippen LogP contribution in [-0.4, -0.2) is 26.6 Å². The molecule has 3 rings (SSSR count). The summed E-state index contributed by atoms with van der Waals surface area (Å²) in [6.45, 7) is 9.22. The van der Waals surface area contributed by atoms with E-state index in [0.29, 0.717) is 22.7 Å². The highest BCUT2D eigenvalue weighted by atomic mass is 35.5.